The SMILES string of the molecule is CC(=O)O[C@@]12CC[C@@H]1CI(O)[C@@]1(C)C(=O)[C@H](O)C3=C(C)[C@@H](O)[C@H](O)[C@@](O)([C@@H](OC(=O)c4ccccc4)C12)C3(C)C. The fourth-order valence-electron chi connectivity index (χ4n) is 7.81. The molecule has 1 aromatic rings. The van der Waals surface area contributed by atoms with Gasteiger partial charge < -0.3 is 0 Å². The van der Waals surface area contributed by atoms with Crippen LogP contribution in [0.3, 0.4) is 0 Å². The van der Waals surface area contributed by atoms with Gasteiger partial charge in [-0.2, -0.15) is 0 Å². The molecule has 3 aliphatic carbocycles. The summed E-state index contributed by atoms with van der Waals surface area (Å²) in [6, 6.07) is 7.98. The number of benzene rings is 1. The number of rotatable bonds is 3. The summed E-state index contributed by atoms with van der Waals surface area (Å²) in [5.41, 5.74) is -5.25. The van der Waals surface area contributed by atoms with E-state index in [-0.39, 0.29) is 33.5 Å². The van der Waals surface area contributed by atoms with Crippen LogP contribution in [0.4, 0.5) is 0 Å². The van der Waals surface area contributed by atoms with Crippen molar-refractivity contribution >= 4 is 38.0 Å². The van der Waals surface area contributed by atoms with Gasteiger partial charge in [0.05, 0.1) is 0 Å². The van der Waals surface area contributed by atoms with Gasteiger partial charge in [0.25, 0.3) is 0 Å². The van der Waals surface area contributed by atoms with Crippen molar-refractivity contribution in [1.82, 2.24) is 0 Å². The van der Waals surface area contributed by atoms with Crippen LogP contribution in [0.1, 0.15) is 57.8 Å². The van der Waals surface area contributed by atoms with E-state index in [0.717, 1.165) is 0 Å². The predicted molar refractivity (Wildman–Crippen MR) is 150 cm³/mol. The number of halogens is 1. The average molecular weight is 673 g/mol. The van der Waals surface area contributed by atoms with Crippen LogP contribution in [0.25, 0.3) is 0 Å². The molecule has 1 aromatic carbocycles. The van der Waals surface area contributed by atoms with Crippen LogP contribution in [0.15, 0.2) is 41.5 Å². The van der Waals surface area contributed by atoms with Crippen molar-refractivity contribution in [2.45, 2.75) is 86.5 Å². The van der Waals surface area contributed by atoms with Crippen LogP contribution in [0.2, 0.25) is 0 Å². The zero-order chi connectivity index (χ0) is 29.6. The van der Waals surface area contributed by atoms with Gasteiger partial charge in [-0.15, -0.1) is 0 Å². The quantitative estimate of drug-likeness (QED) is 0.137. The van der Waals surface area contributed by atoms with E-state index < -0.39 is 88.3 Å². The summed E-state index contributed by atoms with van der Waals surface area (Å²) in [5.74, 6) is -3.94. The fraction of sp³-hybridized carbons (Fsp3) is 0.621. The van der Waals surface area contributed by atoms with Crippen molar-refractivity contribution in [3.63, 3.8) is 0 Å². The number of ketones is 1. The van der Waals surface area contributed by atoms with Crippen molar-refractivity contribution in [2.24, 2.45) is 17.3 Å². The molecule has 0 spiro atoms. The van der Waals surface area contributed by atoms with Crippen LogP contribution < -0.4 is 0 Å². The molecule has 1 saturated heterocycles. The molecule has 1 heterocycles. The summed E-state index contributed by atoms with van der Waals surface area (Å²) >= 11 is -3.35. The van der Waals surface area contributed by atoms with Crippen LogP contribution >= 0.6 is 20.2 Å². The third-order valence-corrected chi connectivity index (χ3v) is 15.8. The zero-order valence-corrected chi connectivity index (χ0v) is 25.3. The van der Waals surface area contributed by atoms with Gasteiger partial charge in [0, 0.05) is 0 Å². The Bertz CT molecular complexity index is 1280. The molecule has 0 amide bonds. The number of aliphatic hydroxyl groups excluding tert-OH is 3. The third-order valence-electron chi connectivity index (χ3n) is 10.1. The number of hydrogen-bond acceptors (Lipinski definition) is 10. The molecule has 4 aliphatic rings. The molecule has 2 bridgehead atoms. The average Bonchev–Trinajstić information content (AvgIpc) is 2.90. The topological polar surface area (TPSA) is 171 Å². The third kappa shape index (κ3) is 3.67. The Balaban J connectivity index is 1.85. The number of carbonyl (C=O) groups is 3. The van der Waals surface area contributed by atoms with E-state index in [1.165, 1.54) is 46.8 Å². The van der Waals surface area contributed by atoms with E-state index in [0.29, 0.717) is 6.42 Å². The second kappa shape index (κ2) is 9.56. The van der Waals surface area contributed by atoms with Gasteiger partial charge in [-0.1, -0.05) is 0 Å². The predicted octanol–water partition coefficient (Wildman–Crippen LogP) is 1.48. The van der Waals surface area contributed by atoms with E-state index in [2.05, 4.69) is 0 Å². The van der Waals surface area contributed by atoms with Crippen LogP contribution in [0, 0.1) is 17.3 Å². The molecule has 3 fully saturated rings. The summed E-state index contributed by atoms with van der Waals surface area (Å²) in [6.07, 6.45) is -6.34. The van der Waals surface area contributed by atoms with E-state index in [9.17, 15) is 38.2 Å². The maximum absolute atomic E-state index is 14.4. The van der Waals surface area contributed by atoms with Gasteiger partial charge in [-0.25, -0.2) is 0 Å². The molecule has 11 heteroatoms. The van der Waals surface area contributed by atoms with Gasteiger partial charge in [0.15, 0.2) is 0 Å². The number of fused-ring (bicyclic) bond motifs is 5. The number of ether oxygens (including phenoxy) is 2. The molecule has 1 aliphatic heterocycles. The molecule has 9 atom stereocenters. The second-order valence-electron chi connectivity index (χ2n) is 12.2. The number of hydrogen-bond donors (Lipinski definition) is 5. The molecular weight excluding hydrogens is 635 g/mol. The van der Waals surface area contributed by atoms with Gasteiger partial charge >= 0.3 is 241 Å². The fourth-order valence-corrected chi connectivity index (χ4v) is 13.5. The molecule has 0 aromatic heterocycles. The van der Waals surface area contributed by atoms with Gasteiger partial charge in [0.2, 0.25) is 0 Å². The molecule has 0 radical (unpaired) electrons. The Morgan fingerprint density at radius 1 is 1.07 bits per heavy atom. The van der Waals surface area contributed by atoms with Crippen molar-refractivity contribution in [3.8, 4) is 0 Å². The van der Waals surface area contributed by atoms with Crippen molar-refractivity contribution < 1.29 is 47.7 Å². The molecule has 1 unspecified atom stereocenters. The number of carbonyl (C=O) groups excluding carboxylic acids is 3. The first-order valence-corrected chi connectivity index (χ1v) is 17.0. The Morgan fingerprint density at radius 3 is 2.25 bits per heavy atom. The minimum absolute atomic E-state index is 0.000207. The molecule has 220 valence electrons. The summed E-state index contributed by atoms with van der Waals surface area (Å²) in [7, 11) is 0. The number of esters is 2. The van der Waals surface area contributed by atoms with E-state index in [1.807, 2.05) is 0 Å². The summed E-state index contributed by atoms with van der Waals surface area (Å²) in [5, 5.41) is 47.1. The first-order valence-electron chi connectivity index (χ1n) is 13.4. The molecule has 5 N–H and O–H groups in total. The van der Waals surface area contributed by atoms with Crippen LogP contribution in [0.5, 0.6) is 0 Å². The number of alkyl halides is 2. The maximum atomic E-state index is 14.4. The molecule has 5 rings (SSSR count). The Morgan fingerprint density at radius 2 is 1.70 bits per heavy atom. The summed E-state index contributed by atoms with van der Waals surface area (Å²) < 4.78 is 22.3. The van der Waals surface area contributed by atoms with Gasteiger partial charge in [0.1, 0.15) is 0 Å². The number of Topliss-reactive ketones (excluding diaryl/α,β-unsaturated/α-hetero) is 1. The molecule has 40 heavy (non-hydrogen) atoms. The second-order valence-corrected chi connectivity index (χ2v) is 17.3. The normalized spacial score (nSPS) is 43.0. The Labute approximate surface area is 240 Å². The summed E-state index contributed by atoms with van der Waals surface area (Å²) in [4.78, 5) is 40.5. The van der Waals surface area contributed by atoms with Crippen molar-refractivity contribution in [1.29, 1.82) is 0 Å². The van der Waals surface area contributed by atoms with Gasteiger partial charge in [-0.3, -0.25) is 0 Å². The standard InChI is InChI=1S/C29H37IO10/c1-14-18-20(33)22(34)27(5)21(28(40-15(2)31)12-11-17(28)13-30(27)38)24(39-25(36)16-9-7-6-8-10-16)29(37,26(18,3)4)23(35)19(14)32/h6-10,17,19-21,23-24,32-33,35,37-38H,11-13H2,1-5H3/t17-,19-,20-,21?,23+,24+,27-,28+,29-/m1/s1. The summed E-state index contributed by atoms with van der Waals surface area (Å²) in [6.45, 7) is 7.20. The monoisotopic (exact) mass is 672 g/mol. The Hall–Kier alpha value is -1.90. The van der Waals surface area contributed by atoms with Crippen molar-refractivity contribution in [2.75, 3.05) is 4.43 Å². The van der Waals surface area contributed by atoms with Gasteiger partial charge in [-0.05, 0) is 0 Å². The van der Waals surface area contributed by atoms with Crippen molar-refractivity contribution in [3.05, 3.63) is 47.0 Å². The van der Waals surface area contributed by atoms with E-state index in [1.54, 1.807) is 18.2 Å². The minimum atomic E-state index is -3.35. The van der Waals surface area contributed by atoms with E-state index in [4.69, 9.17) is 9.47 Å². The van der Waals surface area contributed by atoms with Crippen LogP contribution in [-0.4, -0.2) is 85.1 Å². The zero-order valence-electron chi connectivity index (χ0n) is 23.1. The first kappa shape index (κ1) is 29.6. The first-order chi connectivity index (χ1) is 18.6. The Kier molecular flexibility index (Phi) is 7.07. The number of aliphatic hydroxyl groups is 4. The molecular formula is C29H37IO10. The molecule has 10 nitrogen and oxygen atoms in total. The molecule has 2 saturated carbocycles. The van der Waals surface area contributed by atoms with E-state index >= 15 is 0 Å². The van der Waals surface area contributed by atoms with Crippen LogP contribution in [-0.2, 0) is 19.1 Å².